The second kappa shape index (κ2) is 11.5. The average Bonchev–Trinajstić information content (AvgIpc) is 2.90. The quantitative estimate of drug-likeness (QED) is 0.304. The summed E-state index contributed by atoms with van der Waals surface area (Å²) in [5.41, 5.74) is 3.64. The molecule has 2 aromatic carbocycles. The van der Waals surface area contributed by atoms with Gasteiger partial charge in [0.25, 0.3) is 11.5 Å². The SMILES string of the molecule is C=C/C(=C\C(=C/C)Cc1n[nH]c(=O)c2ccccc12)NC(=O)c1cccnc1Sc1ccc(C)cc1. The van der Waals surface area contributed by atoms with Gasteiger partial charge in [0, 0.05) is 28.6 Å². The third-order valence-corrected chi connectivity index (χ3v) is 6.61. The van der Waals surface area contributed by atoms with Crippen LogP contribution in [0.2, 0.25) is 0 Å². The molecule has 0 aliphatic carbocycles. The minimum atomic E-state index is -0.271. The Morgan fingerprint density at radius 3 is 2.56 bits per heavy atom. The molecule has 0 fully saturated rings. The van der Waals surface area contributed by atoms with Crippen molar-refractivity contribution in [2.75, 3.05) is 0 Å². The van der Waals surface area contributed by atoms with Crippen molar-refractivity contribution in [3.05, 3.63) is 130 Å². The van der Waals surface area contributed by atoms with Crippen LogP contribution in [-0.4, -0.2) is 21.1 Å². The van der Waals surface area contributed by atoms with Crippen LogP contribution in [0, 0.1) is 6.92 Å². The standard InChI is InChI=1S/C29H26N4O2S/c1-4-20(18-26-23-9-6-7-10-24(23)28(35)33-32-26)17-21(5-2)31-27(34)25-11-8-16-30-29(25)36-22-14-12-19(3)13-15-22/h4-17H,2,18H2,1,3H3,(H,31,34)(H,33,35)/b20-4+,21-17+. The first-order chi connectivity index (χ1) is 17.5. The van der Waals surface area contributed by atoms with Gasteiger partial charge >= 0.3 is 0 Å². The summed E-state index contributed by atoms with van der Waals surface area (Å²) in [5.74, 6) is -0.271. The fourth-order valence-electron chi connectivity index (χ4n) is 3.64. The molecule has 2 aromatic heterocycles. The number of nitrogens with one attached hydrogen (secondary N) is 2. The van der Waals surface area contributed by atoms with Crippen molar-refractivity contribution in [1.82, 2.24) is 20.5 Å². The van der Waals surface area contributed by atoms with Crippen molar-refractivity contribution >= 4 is 28.4 Å². The average molecular weight is 495 g/mol. The van der Waals surface area contributed by atoms with E-state index in [0.29, 0.717) is 28.1 Å². The Hall–Kier alpha value is -4.23. The van der Waals surface area contributed by atoms with E-state index in [1.165, 1.54) is 17.3 Å². The Bertz CT molecular complexity index is 1540. The van der Waals surface area contributed by atoms with E-state index in [0.717, 1.165) is 21.5 Å². The molecule has 7 heteroatoms. The molecule has 0 radical (unpaired) electrons. The molecule has 0 spiro atoms. The Balaban J connectivity index is 1.55. The molecule has 6 nitrogen and oxygen atoms in total. The van der Waals surface area contributed by atoms with E-state index in [9.17, 15) is 9.59 Å². The largest absolute Gasteiger partial charge is 0.322 e. The molecular formula is C29H26N4O2S. The highest BCUT2D eigenvalue weighted by Crippen LogP contribution is 2.29. The molecular weight excluding hydrogens is 468 g/mol. The van der Waals surface area contributed by atoms with Crippen molar-refractivity contribution < 1.29 is 4.79 Å². The third kappa shape index (κ3) is 5.87. The zero-order valence-electron chi connectivity index (χ0n) is 20.1. The van der Waals surface area contributed by atoms with Crippen LogP contribution >= 0.6 is 11.8 Å². The minimum Gasteiger partial charge on any atom is -0.322 e. The lowest BCUT2D eigenvalue weighted by Gasteiger charge is -2.11. The number of carbonyl (C=O) groups excluding carboxylic acids is 1. The molecule has 2 N–H and O–H groups in total. The van der Waals surface area contributed by atoms with Crippen molar-refractivity contribution in [2.24, 2.45) is 0 Å². The predicted molar refractivity (Wildman–Crippen MR) is 145 cm³/mol. The van der Waals surface area contributed by atoms with Gasteiger partial charge < -0.3 is 5.32 Å². The summed E-state index contributed by atoms with van der Waals surface area (Å²) >= 11 is 1.44. The first-order valence-electron chi connectivity index (χ1n) is 11.4. The van der Waals surface area contributed by atoms with Crippen LogP contribution in [-0.2, 0) is 6.42 Å². The fourth-order valence-corrected chi connectivity index (χ4v) is 4.52. The highest BCUT2D eigenvalue weighted by molar-refractivity contribution is 7.99. The molecule has 0 saturated heterocycles. The van der Waals surface area contributed by atoms with Crippen molar-refractivity contribution in [3.8, 4) is 0 Å². The third-order valence-electron chi connectivity index (χ3n) is 5.59. The molecule has 180 valence electrons. The maximum Gasteiger partial charge on any atom is 0.272 e. The van der Waals surface area contributed by atoms with Crippen molar-refractivity contribution in [1.29, 1.82) is 0 Å². The number of aryl methyl sites for hydroxylation is 1. The number of hydrogen-bond acceptors (Lipinski definition) is 5. The van der Waals surface area contributed by atoms with E-state index >= 15 is 0 Å². The Morgan fingerprint density at radius 1 is 1.08 bits per heavy atom. The summed E-state index contributed by atoms with van der Waals surface area (Å²) in [6.45, 7) is 7.82. The van der Waals surface area contributed by atoms with Gasteiger partial charge in [-0.1, -0.05) is 60.3 Å². The van der Waals surface area contributed by atoms with E-state index in [4.69, 9.17) is 0 Å². The fraction of sp³-hybridized carbons (Fsp3) is 0.103. The lowest BCUT2D eigenvalue weighted by atomic mass is 10.0. The Labute approximate surface area is 213 Å². The number of nitrogens with zero attached hydrogens (tertiary/aromatic N) is 2. The lowest BCUT2D eigenvalue weighted by molar-refractivity contribution is 0.0963. The molecule has 0 aliphatic heterocycles. The number of carbonyl (C=O) groups is 1. The number of hydrogen-bond donors (Lipinski definition) is 2. The molecule has 4 rings (SSSR count). The molecule has 0 unspecified atom stereocenters. The van der Waals surface area contributed by atoms with Crippen LogP contribution < -0.4 is 10.9 Å². The summed E-state index contributed by atoms with van der Waals surface area (Å²) in [6.07, 6.45) is 7.55. The molecule has 0 saturated carbocycles. The minimum absolute atomic E-state index is 0.221. The molecule has 0 atom stereocenters. The second-order valence-electron chi connectivity index (χ2n) is 8.11. The smallest absolute Gasteiger partial charge is 0.272 e. The van der Waals surface area contributed by atoms with E-state index in [1.807, 2.05) is 68.5 Å². The molecule has 36 heavy (non-hydrogen) atoms. The van der Waals surface area contributed by atoms with Gasteiger partial charge in [0.2, 0.25) is 0 Å². The highest BCUT2D eigenvalue weighted by Gasteiger charge is 2.15. The van der Waals surface area contributed by atoms with Crippen LogP contribution in [0.3, 0.4) is 0 Å². The number of aromatic amines is 1. The van der Waals surface area contributed by atoms with Crippen LogP contribution in [0.5, 0.6) is 0 Å². The molecule has 0 bridgehead atoms. The van der Waals surface area contributed by atoms with Crippen LogP contribution in [0.1, 0.15) is 28.5 Å². The van der Waals surface area contributed by atoms with Gasteiger partial charge in [0.1, 0.15) is 5.03 Å². The number of pyridine rings is 1. The highest BCUT2D eigenvalue weighted by atomic mass is 32.2. The van der Waals surface area contributed by atoms with E-state index < -0.39 is 0 Å². The van der Waals surface area contributed by atoms with Crippen molar-refractivity contribution in [3.63, 3.8) is 0 Å². The number of benzene rings is 2. The number of rotatable bonds is 8. The summed E-state index contributed by atoms with van der Waals surface area (Å²) < 4.78 is 0. The zero-order chi connectivity index (χ0) is 25.5. The number of amides is 1. The Kier molecular flexibility index (Phi) is 7.92. The van der Waals surface area contributed by atoms with Gasteiger partial charge in [-0.2, -0.15) is 5.10 Å². The van der Waals surface area contributed by atoms with Crippen LogP contribution in [0.15, 0.2) is 118 Å². The van der Waals surface area contributed by atoms with E-state index in [-0.39, 0.29) is 11.5 Å². The first-order valence-corrected chi connectivity index (χ1v) is 12.3. The first kappa shape index (κ1) is 24.9. The Morgan fingerprint density at radius 2 is 1.83 bits per heavy atom. The topological polar surface area (TPSA) is 87.7 Å². The van der Waals surface area contributed by atoms with Crippen molar-refractivity contribution in [2.45, 2.75) is 30.2 Å². The van der Waals surface area contributed by atoms with Gasteiger partial charge in [0.05, 0.1) is 16.6 Å². The summed E-state index contributed by atoms with van der Waals surface area (Å²) in [4.78, 5) is 30.7. The van der Waals surface area contributed by atoms with Gasteiger partial charge in [-0.05, 0) is 61.9 Å². The number of allylic oxidation sites excluding steroid dienone is 4. The van der Waals surface area contributed by atoms with Gasteiger partial charge in [-0.3, -0.25) is 9.59 Å². The normalized spacial score (nSPS) is 11.9. The molecule has 0 aliphatic rings. The van der Waals surface area contributed by atoms with Gasteiger partial charge in [-0.25, -0.2) is 10.1 Å². The van der Waals surface area contributed by atoms with E-state index in [2.05, 4.69) is 27.1 Å². The van der Waals surface area contributed by atoms with Crippen LogP contribution in [0.4, 0.5) is 0 Å². The second-order valence-corrected chi connectivity index (χ2v) is 9.18. The predicted octanol–water partition coefficient (Wildman–Crippen LogP) is 5.77. The zero-order valence-corrected chi connectivity index (χ0v) is 20.9. The number of fused-ring (bicyclic) bond motifs is 1. The maximum atomic E-state index is 13.2. The van der Waals surface area contributed by atoms with Gasteiger partial charge in [-0.15, -0.1) is 0 Å². The number of H-pyrrole nitrogens is 1. The molecule has 4 aromatic rings. The lowest BCUT2D eigenvalue weighted by Crippen LogP contribution is -2.23. The number of aromatic nitrogens is 3. The summed E-state index contributed by atoms with van der Waals surface area (Å²) in [6, 6.07) is 19.0. The van der Waals surface area contributed by atoms with E-state index in [1.54, 1.807) is 30.5 Å². The summed E-state index contributed by atoms with van der Waals surface area (Å²) in [5, 5.41) is 11.8. The molecule has 2 heterocycles. The molecule has 1 amide bonds. The van der Waals surface area contributed by atoms with Gasteiger partial charge in [0.15, 0.2) is 0 Å². The maximum absolute atomic E-state index is 13.2. The monoisotopic (exact) mass is 494 g/mol. The van der Waals surface area contributed by atoms with Crippen LogP contribution in [0.25, 0.3) is 10.8 Å². The summed E-state index contributed by atoms with van der Waals surface area (Å²) in [7, 11) is 0.